The zero-order chi connectivity index (χ0) is 13.0. The third-order valence-corrected chi connectivity index (χ3v) is 3.25. The zero-order valence-electron chi connectivity index (χ0n) is 9.79. The average molecular weight is 264 g/mol. The fourth-order valence-electron chi connectivity index (χ4n) is 1.51. The van der Waals surface area contributed by atoms with Gasteiger partial charge in [-0.2, -0.15) is 0 Å². The Kier molecular flexibility index (Phi) is 3.83. The normalized spacial score (nSPS) is 10.3. The summed E-state index contributed by atoms with van der Waals surface area (Å²) in [6.45, 7) is 2.41. The Morgan fingerprint density at radius 3 is 2.94 bits per heavy atom. The van der Waals surface area contributed by atoms with Crippen LogP contribution in [0, 0.1) is 17.0 Å². The molecule has 0 spiro atoms. The maximum Gasteiger partial charge on any atom is 0.290 e. The summed E-state index contributed by atoms with van der Waals surface area (Å²) in [7, 11) is 0. The van der Waals surface area contributed by atoms with E-state index in [1.54, 1.807) is 30.5 Å². The summed E-state index contributed by atoms with van der Waals surface area (Å²) in [6.07, 6.45) is 3.87. The number of hydrogen-bond donors (Lipinski definition) is 1. The summed E-state index contributed by atoms with van der Waals surface area (Å²) in [4.78, 5) is 18.4. The molecule has 0 unspecified atom stereocenters. The van der Waals surface area contributed by atoms with Gasteiger partial charge in [0.15, 0.2) is 0 Å². The van der Waals surface area contributed by atoms with Crippen molar-refractivity contribution in [2.75, 3.05) is 11.9 Å². The number of aryl methyl sites for hydroxylation is 1. The van der Waals surface area contributed by atoms with Crippen LogP contribution in [0.5, 0.6) is 0 Å². The van der Waals surface area contributed by atoms with E-state index in [0.717, 1.165) is 11.4 Å². The Morgan fingerprint density at radius 1 is 1.50 bits per heavy atom. The molecule has 0 aliphatic rings. The van der Waals surface area contributed by atoms with Gasteiger partial charge in [0.2, 0.25) is 0 Å². The summed E-state index contributed by atoms with van der Waals surface area (Å²) in [6, 6.07) is 1.68. The number of rotatable bonds is 5. The van der Waals surface area contributed by atoms with E-state index in [4.69, 9.17) is 0 Å². The van der Waals surface area contributed by atoms with Crippen molar-refractivity contribution in [3.05, 3.63) is 44.5 Å². The minimum atomic E-state index is -0.429. The van der Waals surface area contributed by atoms with Crippen molar-refractivity contribution >= 4 is 22.8 Å². The first kappa shape index (κ1) is 12.4. The van der Waals surface area contributed by atoms with Crippen LogP contribution in [0.4, 0.5) is 11.5 Å². The number of nitrogens with zero attached hydrogens (tertiary/aromatic N) is 3. The van der Waals surface area contributed by atoms with Crippen LogP contribution in [0.25, 0.3) is 0 Å². The minimum Gasteiger partial charge on any atom is -0.370 e. The number of thiazole rings is 1. The monoisotopic (exact) mass is 264 g/mol. The fourth-order valence-corrected chi connectivity index (χ4v) is 2.13. The number of anilines is 1. The van der Waals surface area contributed by atoms with E-state index >= 15 is 0 Å². The molecule has 6 nitrogen and oxygen atoms in total. The molecule has 7 heteroatoms. The summed E-state index contributed by atoms with van der Waals surface area (Å²) >= 11 is 1.61. The number of hydrogen-bond acceptors (Lipinski definition) is 6. The second-order valence-corrected chi connectivity index (χ2v) is 4.69. The third kappa shape index (κ3) is 3.01. The van der Waals surface area contributed by atoms with Gasteiger partial charge in [-0.1, -0.05) is 0 Å². The predicted molar refractivity (Wildman–Crippen MR) is 69.9 cm³/mol. The van der Waals surface area contributed by atoms with Gasteiger partial charge >= 0.3 is 0 Å². The van der Waals surface area contributed by atoms with Crippen LogP contribution < -0.4 is 5.32 Å². The lowest BCUT2D eigenvalue weighted by Crippen LogP contribution is -2.06. The van der Waals surface area contributed by atoms with Crippen LogP contribution in [-0.4, -0.2) is 21.4 Å². The van der Waals surface area contributed by atoms with Gasteiger partial charge in [-0.05, 0) is 13.0 Å². The Hall–Kier alpha value is -2.02. The van der Waals surface area contributed by atoms with Crippen molar-refractivity contribution in [1.82, 2.24) is 9.97 Å². The van der Waals surface area contributed by atoms with Gasteiger partial charge in [-0.3, -0.25) is 10.1 Å². The topological polar surface area (TPSA) is 81.0 Å². The van der Waals surface area contributed by atoms with Crippen molar-refractivity contribution in [1.29, 1.82) is 0 Å². The first-order valence-electron chi connectivity index (χ1n) is 5.40. The first-order chi connectivity index (χ1) is 8.66. The van der Waals surface area contributed by atoms with Gasteiger partial charge in [0.25, 0.3) is 5.69 Å². The highest BCUT2D eigenvalue weighted by molar-refractivity contribution is 7.09. The Bertz CT molecular complexity index is 542. The average Bonchev–Trinajstić information content (AvgIpc) is 2.81. The van der Waals surface area contributed by atoms with E-state index in [1.807, 2.05) is 5.38 Å². The van der Waals surface area contributed by atoms with Crippen LogP contribution in [-0.2, 0) is 6.42 Å². The number of aromatic nitrogens is 2. The molecule has 2 aromatic heterocycles. The standard InChI is InChI=1S/C11H12N4O2S/c1-8-6-10(14-7-9(8)15(16)17)12-3-2-11-13-4-5-18-11/h4-7H,2-3H2,1H3,(H,12,14). The highest BCUT2D eigenvalue weighted by Crippen LogP contribution is 2.18. The molecule has 0 amide bonds. The van der Waals surface area contributed by atoms with Gasteiger partial charge in [0.1, 0.15) is 12.0 Å². The summed E-state index contributed by atoms with van der Waals surface area (Å²) in [5.74, 6) is 0.648. The molecule has 0 aliphatic heterocycles. The van der Waals surface area contributed by atoms with Crippen LogP contribution >= 0.6 is 11.3 Å². The molecule has 94 valence electrons. The van der Waals surface area contributed by atoms with E-state index in [0.29, 0.717) is 17.9 Å². The lowest BCUT2D eigenvalue weighted by atomic mass is 10.2. The Labute approximate surface area is 108 Å². The second-order valence-electron chi connectivity index (χ2n) is 3.72. The van der Waals surface area contributed by atoms with E-state index < -0.39 is 4.92 Å². The third-order valence-electron chi connectivity index (χ3n) is 2.41. The predicted octanol–water partition coefficient (Wildman–Crippen LogP) is 2.41. The van der Waals surface area contributed by atoms with Gasteiger partial charge in [0, 0.05) is 30.1 Å². The molecule has 0 atom stereocenters. The van der Waals surface area contributed by atoms with E-state index in [-0.39, 0.29) is 5.69 Å². The lowest BCUT2D eigenvalue weighted by Gasteiger charge is -2.05. The van der Waals surface area contributed by atoms with Crippen molar-refractivity contribution in [3.8, 4) is 0 Å². The highest BCUT2D eigenvalue weighted by Gasteiger charge is 2.11. The minimum absolute atomic E-state index is 0.0421. The maximum absolute atomic E-state index is 10.6. The van der Waals surface area contributed by atoms with E-state index in [9.17, 15) is 10.1 Å². The summed E-state index contributed by atoms with van der Waals surface area (Å²) < 4.78 is 0. The molecular formula is C11H12N4O2S. The Balaban J connectivity index is 1.94. The molecule has 2 rings (SSSR count). The van der Waals surface area contributed by atoms with Crippen LogP contribution in [0.3, 0.4) is 0 Å². The molecule has 0 aliphatic carbocycles. The molecule has 0 saturated heterocycles. The van der Waals surface area contributed by atoms with Gasteiger partial charge in [0.05, 0.1) is 9.93 Å². The molecule has 0 saturated carbocycles. The molecule has 0 fully saturated rings. The first-order valence-corrected chi connectivity index (χ1v) is 6.28. The van der Waals surface area contributed by atoms with Crippen molar-refractivity contribution in [2.24, 2.45) is 0 Å². The van der Waals surface area contributed by atoms with Crippen LogP contribution in [0.1, 0.15) is 10.6 Å². The lowest BCUT2D eigenvalue weighted by molar-refractivity contribution is -0.385. The molecule has 1 N–H and O–H groups in total. The van der Waals surface area contributed by atoms with Crippen LogP contribution in [0.2, 0.25) is 0 Å². The largest absolute Gasteiger partial charge is 0.370 e. The summed E-state index contributed by atoms with van der Waals surface area (Å²) in [5.41, 5.74) is 0.646. The second kappa shape index (κ2) is 5.54. The number of pyridine rings is 1. The van der Waals surface area contributed by atoms with E-state index in [1.165, 1.54) is 6.20 Å². The van der Waals surface area contributed by atoms with Crippen molar-refractivity contribution in [3.63, 3.8) is 0 Å². The zero-order valence-corrected chi connectivity index (χ0v) is 10.6. The molecule has 0 aromatic carbocycles. The molecular weight excluding hydrogens is 252 g/mol. The number of nitrogens with one attached hydrogen (secondary N) is 1. The number of nitro groups is 1. The molecule has 0 radical (unpaired) electrons. The SMILES string of the molecule is Cc1cc(NCCc2nccs2)ncc1[N+](=O)[O-]. The fraction of sp³-hybridized carbons (Fsp3) is 0.273. The Morgan fingerprint density at radius 2 is 2.33 bits per heavy atom. The quantitative estimate of drug-likeness (QED) is 0.662. The van der Waals surface area contributed by atoms with Crippen molar-refractivity contribution < 1.29 is 4.92 Å². The van der Waals surface area contributed by atoms with Crippen molar-refractivity contribution in [2.45, 2.75) is 13.3 Å². The molecule has 2 aromatic rings. The smallest absolute Gasteiger partial charge is 0.290 e. The van der Waals surface area contributed by atoms with Crippen LogP contribution in [0.15, 0.2) is 23.8 Å². The highest BCUT2D eigenvalue weighted by atomic mass is 32.1. The van der Waals surface area contributed by atoms with Gasteiger partial charge < -0.3 is 5.32 Å². The van der Waals surface area contributed by atoms with E-state index in [2.05, 4.69) is 15.3 Å². The molecule has 18 heavy (non-hydrogen) atoms. The maximum atomic E-state index is 10.6. The molecule has 2 heterocycles. The van der Waals surface area contributed by atoms with Gasteiger partial charge in [-0.15, -0.1) is 11.3 Å². The van der Waals surface area contributed by atoms with Gasteiger partial charge in [-0.25, -0.2) is 9.97 Å². The summed E-state index contributed by atoms with van der Waals surface area (Å²) in [5, 5.41) is 16.8. The molecule has 0 bridgehead atoms.